The minimum absolute atomic E-state index is 0.0574. The number of nitrogens with zero attached hydrogens (tertiary/aromatic N) is 4. The third-order valence-corrected chi connectivity index (χ3v) is 12.8. The van der Waals surface area contributed by atoms with Crippen LogP contribution in [0.3, 0.4) is 0 Å². The number of nitrogens with one attached hydrogen (secondary N) is 2. The van der Waals surface area contributed by atoms with Gasteiger partial charge in [-0.3, -0.25) is 24.5 Å². The van der Waals surface area contributed by atoms with Gasteiger partial charge >= 0.3 is 0 Å². The van der Waals surface area contributed by atoms with Crippen LogP contribution in [-0.2, 0) is 16.6 Å². The summed E-state index contributed by atoms with van der Waals surface area (Å²) in [5, 5.41) is 6.07. The second-order valence-electron chi connectivity index (χ2n) is 15.4. The summed E-state index contributed by atoms with van der Waals surface area (Å²) < 4.78 is 2.12. The number of benzene rings is 2. The zero-order chi connectivity index (χ0) is 35.9. The van der Waals surface area contributed by atoms with E-state index in [1.54, 1.807) is 17.8 Å². The van der Waals surface area contributed by atoms with Gasteiger partial charge < -0.3 is 24.6 Å². The van der Waals surface area contributed by atoms with E-state index in [1.165, 1.54) is 11.3 Å². The molecule has 10 nitrogen and oxygen atoms in total. The maximum absolute atomic E-state index is 13.6. The second kappa shape index (κ2) is 14.6. The van der Waals surface area contributed by atoms with Crippen LogP contribution in [0.5, 0.6) is 0 Å². The van der Waals surface area contributed by atoms with Crippen LogP contribution in [0.1, 0.15) is 83.8 Å². The number of anilines is 2. The smallest absolute Gasteiger partial charge is 0.266 e. The first kappa shape index (κ1) is 35.4. The number of likely N-dealkylation sites (tertiary alicyclic amines) is 2. The minimum atomic E-state index is -0.260. The van der Waals surface area contributed by atoms with Gasteiger partial charge in [0.2, 0.25) is 11.8 Å². The summed E-state index contributed by atoms with van der Waals surface area (Å²) in [7, 11) is 3.88. The maximum Gasteiger partial charge on any atom is 0.266 e. The molecule has 1 spiro atoms. The molecule has 11 heteroatoms. The molecule has 270 valence electrons. The van der Waals surface area contributed by atoms with Crippen LogP contribution < -0.4 is 21.1 Å². The van der Waals surface area contributed by atoms with Crippen molar-refractivity contribution in [2.24, 2.45) is 12.5 Å². The molecule has 4 saturated heterocycles. The van der Waals surface area contributed by atoms with Crippen molar-refractivity contribution in [3.05, 3.63) is 91.8 Å². The normalized spacial score (nSPS) is 24.0. The van der Waals surface area contributed by atoms with Gasteiger partial charge in [0.25, 0.3) is 11.5 Å². The Morgan fingerprint density at radius 3 is 2.31 bits per heavy atom. The van der Waals surface area contributed by atoms with Gasteiger partial charge in [0.05, 0.1) is 11.6 Å². The van der Waals surface area contributed by atoms with Crippen LogP contribution in [0.25, 0.3) is 0 Å². The van der Waals surface area contributed by atoms with Crippen LogP contribution in [0.15, 0.2) is 64.0 Å². The molecule has 0 saturated carbocycles. The zero-order valence-electron chi connectivity index (χ0n) is 29.9. The van der Waals surface area contributed by atoms with E-state index in [2.05, 4.69) is 80.7 Å². The lowest BCUT2D eigenvalue weighted by atomic mass is 9.71. The van der Waals surface area contributed by atoms with Crippen molar-refractivity contribution in [1.29, 1.82) is 0 Å². The molecule has 0 bridgehead atoms. The molecule has 7 rings (SSSR count). The van der Waals surface area contributed by atoms with Crippen LogP contribution in [-0.4, -0.2) is 84.4 Å². The minimum Gasteiger partial charge on any atom is -0.380 e. The van der Waals surface area contributed by atoms with E-state index in [0.717, 1.165) is 93.8 Å². The number of rotatable bonds is 6. The summed E-state index contributed by atoms with van der Waals surface area (Å²) >= 11 is 3.47. The van der Waals surface area contributed by atoms with Crippen molar-refractivity contribution in [3.63, 3.8) is 0 Å². The first-order valence-corrected chi connectivity index (χ1v) is 19.2. The lowest BCUT2D eigenvalue weighted by Gasteiger charge is -2.47. The van der Waals surface area contributed by atoms with Gasteiger partial charge in [-0.2, -0.15) is 0 Å². The predicted molar refractivity (Wildman–Crippen MR) is 203 cm³/mol. The van der Waals surface area contributed by atoms with E-state index in [4.69, 9.17) is 0 Å². The molecule has 5 heterocycles. The second-order valence-corrected chi connectivity index (χ2v) is 16.2. The van der Waals surface area contributed by atoms with Crippen LogP contribution in [0.2, 0.25) is 0 Å². The molecule has 0 aliphatic carbocycles. The molecule has 4 aliphatic heterocycles. The Bertz CT molecular complexity index is 1860. The number of hydrogen-bond acceptors (Lipinski definition) is 7. The summed E-state index contributed by atoms with van der Waals surface area (Å²) in [6.45, 7) is 7.46. The Labute approximate surface area is 308 Å². The number of halogens is 1. The number of hydrogen-bond donors (Lipinski definition) is 2. The zero-order valence-corrected chi connectivity index (χ0v) is 31.5. The molecule has 0 radical (unpaired) electrons. The third-order valence-electron chi connectivity index (χ3n) is 12.0. The van der Waals surface area contributed by atoms with E-state index in [1.807, 2.05) is 23.1 Å². The molecule has 3 unspecified atom stereocenters. The Hall–Kier alpha value is -3.96. The molecule has 4 fully saturated rings. The van der Waals surface area contributed by atoms with Gasteiger partial charge in [0.15, 0.2) is 0 Å². The largest absolute Gasteiger partial charge is 0.380 e. The molecule has 3 amide bonds. The fourth-order valence-electron chi connectivity index (χ4n) is 8.84. The third kappa shape index (κ3) is 7.51. The van der Waals surface area contributed by atoms with Crippen LogP contribution in [0, 0.1) is 12.3 Å². The van der Waals surface area contributed by atoms with Crippen molar-refractivity contribution < 1.29 is 14.4 Å². The highest BCUT2D eigenvalue weighted by Crippen LogP contribution is 2.43. The number of pyridine rings is 1. The Morgan fingerprint density at radius 2 is 1.63 bits per heavy atom. The van der Waals surface area contributed by atoms with E-state index in [-0.39, 0.29) is 40.7 Å². The van der Waals surface area contributed by atoms with Crippen molar-refractivity contribution in [2.45, 2.75) is 69.7 Å². The Balaban J connectivity index is 0.911. The van der Waals surface area contributed by atoms with Gasteiger partial charge in [-0.15, -0.1) is 0 Å². The molecule has 4 aliphatic rings. The number of carbonyl (C=O) groups excluding carboxylic acids is 3. The monoisotopic (exact) mass is 756 g/mol. The number of likely N-dealkylation sites (N-methyl/N-ethyl adjacent to an activating group) is 1. The lowest BCUT2D eigenvalue weighted by Crippen LogP contribution is -2.48. The first-order valence-electron chi connectivity index (χ1n) is 18.4. The van der Waals surface area contributed by atoms with Gasteiger partial charge in [-0.05, 0) is 127 Å². The van der Waals surface area contributed by atoms with Gasteiger partial charge in [-0.25, -0.2) is 0 Å². The quantitative estimate of drug-likeness (QED) is 0.325. The van der Waals surface area contributed by atoms with Crippen molar-refractivity contribution in [2.75, 3.05) is 56.5 Å². The maximum atomic E-state index is 13.6. The van der Waals surface area contributed by atoms with Crippen molar-refractivity contribution in [3.8, 4) is 0 Å². The average molecular weight is 758 g/mol. The molecule has 2 aromatic carbocycles. The topological polar surface area (TPSA) is 107 Å². The SMILES string of the molecule is Cc1cc(N2CCC3(CCN(C(=O)c4ccc(C5CC(Nc6ccn(C)c(=O)c6Br)CN(C)C5)cc4)CC3)CC2)ccc1C1CCC(=O)NC1=O. The number of amides is 3. The lowest BCUT2D eigenvalue weighted by molar-refractivity contribution is -0.134. The summed E-state index contributed by atoms with van der Waals surface area (Å²) in [5.74, 6) is -0.186. The van der Waals surface area contributed by atoms with Crippen LogP contribution >= 0.6 is 15.9 Å². The fraction of sp³-hybridized carbons (Fsp3) is 0.500. The average Bonchev–Trinajstić information content (AvgIpc) is 3.12. The molecular weight excluding hydrogens is 708 g/mol. The predicted octanol–water partition coefficient (Wildman–Crippen LogP) is 5.40. The Kier molecular flexibility index (Phi) is 10.1. The van der Waals surface area contributed by atoms with Crippen molar-refractivity contribution in [1.82, 2.24) is 19.7 Å². The molecule has 51 heavy (non-hydrogen) atoms. The highest BCUT2D eigenvalue weighted by Gasteiger charge is 2.39. The molecular formula is C40H49BrN6O4. The Morgan fingerprint density at radius 1 is 0.922 bits per heavy atom. The van der Waals surface area contributed by atoms with Crippen molar-refractivity contribution >= 4 is 45.0 Å². The highest BCUT2D eigenvalue weighted by atomic mass is 79.9. The van der Waals surface area contributed by atoms with E-state index in [9.17, 15) is 19.2 Å². The van der Waals surface area contributed by atoms with E-state index in [0.29, 0.717) is 23.2 Å². The standard InChI is InChI=1S/C40H49BrN6O4/c1-26-22-31(8-9-32(26)33-10-11-35(48)43-37(33)49)46-18-13-40(14-19-46)15-20-47(21-16-40)38(50)28-6-4-27(5-7-28)29-23-30(25-44(2)24-29)42-34-12-17-45(3)39(51)36(34)41/h4-9,12,17,22,29-30,33,42H,10-11,13-16,18-21,23-25H2,1-3H3,(H,43,48,49). The van der Waals surface area contributed by atoms with Gasteiger partial charge in [0, 0.05) is 76.2 Å². The molecule has 3 aromatic rings. The summed E-state index contributed by atoms with van der Waals surface area (Å²) in [4.78, 5) is 56.9. The summed E-state index contributed by atoms with van der Waals surface area (Å²) in [6.07, 6.45) is 7.98. The van der Waals surface area contributed by atoms with Crippen LogP contribution in [0.4, 0.5) is 11.4 Å². The van der Waals surface area contributed by atoms with Gasteiger partial charge in [0.1, 0.15) is 4.47 Å². The summed E-state index contributed by atoms with van der Waals surface area (Å²) in [6, 6.07) is 16.8. The number of aryl methyl sites for hydroxylation is 2. The van der Waals surface area contributed by atoms with Gasteiger partial charge in [-0.1, -0.05) is 18.2 Å². The fourth-order valence-corrected chi connectivity index (χ4v) is 9.36. The number of imide groups is 1. The highest BCUT2D eigenvalue weighted by molar-refractivity contribution is 9.10. The molecule has 1 aromatic heterocycles. The first-order chi connectivity index (χ1) is 24.5. The molecule has 2 N–H and O–H groups in total. The summed E-state index contributed by atoms with van der Waals surface area (Å²) in [5.41, 5.74) is 6.33. The van der Waals surface area contributed by atoms with E-state index >= 15 is 0 Å². The number of piperidine rings is 4. The number of aromatic nitrogens is 1. The number of carbonyl (C=O) groups is 3. The molecule has 3 atom stereocenters. The van der Waals surface area contributed by atoms with E-state index < -0.39 is 0 Å².